The number of nitrogens with one attached hydrogen (secondary N) is 1. The quantitative estimate of drug-likeness (QED) is 0.434. The molecule has 4 rings (SSSR count). The van der Waals surface area contributed by atoms with E-state index in [2.05, 4.69) is 10.4 Å². The lowest BCUT2D eigenvalue weighted by atomic mass is 9.95. The van der Waals surface area contributed by atoms with Crippen molar-refractivity contribution in [3.8, 4) is 22.5 Å². The smallest absolute Gasteiger partial charge is 0.229 e. The molecule has 6 nitrogen and oxygen atoms in total. The molecule has 4 aromatic rings. The molecule has 32 heavy (non-hydrogen) atoms. The van der Waals surface area contributed by atoms with Crippen LogP contribution >= 0.6 is 0 Å². The van der Waals surface area contributed by atoms with E-state index in [0.29, 0.717) is 11.2 Å². The first-order valence-electron chi connectivity index (χ1n) is 10.5. The zero-order valence-electron chi connectivity index (χ0n) is 18.9. The van der Waals surface area contributed by atoms with Gasteiger partial charge in [-0.15, -0.1) is 0 Å². The van der Waals surface area contributed by atoms with Gasteiger partial charge >= 0.3 is 0 Å². The summed E-state index contributed by atoms with van der Waals surface area (Å²) in [5, 5.41) is 7.71. The average molecular weight is 427 g/mol. The first-order valence-corrected chi connectivity index (χ1v) is 10.5. The molecule has 0 fully saturated rings. The topological polar surface area (TPSA) is 76.4 Å². The van der Waals surface area contributed by atoms with Gasteiger partial charge in [0.05, 0.1) is 17.6 Å². The highest BCUT2D eigenvalue weighted by molar-refractivity contribution is 5.96. The summed E-state index contributed by atoms with van der Waals surface area (Å²) in [6.45, 7) is 9.18. The van der Waals surface area contributed by atoms with E-state index in [0.717, 1.165) is 33.8 Å². The maximum absolute atomic E-state index is 12.5. The molecular weight excluding hydrogens is 400 g/mol. The van der Waals surface area contributed by atoms with Crippen molar-refractivity contribution in [2.75, 3.05) is 5.32 Å². The Hall–Kier alpha value is -3.80. The van der Waals surface area contributed by atoms with Crippen molar-refractivity contribution in [3.63, 3.8) is 0 Å². The highest BCUT2D eigenvalue weighted by atomic mass is 16.2. The summed E-state index contributed by atoms with van der Waals surface area (Å²) in [6.07, 6.45) is 1.87. The molecule has 0 bridgehead atoms. The summed E-state index contributed by atoms with van der Waals surface area (Å²) in [7, 11) is 0. The van der Waals surface area contributed by atoms with Gasteiger partial charge in [0, 0.05) is 27.8 Å². The highest BCUT2D eigenvalue weighted by Gasteiger charge is 2.22. The fourth-order valence-corrected chi connectivity index (χ4v) is 3.30. The van der Waals surface area contributed by atoms with Crippen LogP contribution in [0.15, 0.2) is 60.8 Å². The minimum Gasteiger partial charge on any atom is -0.325 e. The van der Waals surface area contributed by atoms with Crippen LogP contribution in [0.2, 0.25) is 0 Å². The van der Waals surface area contributed by atoms with E-state index in [1.54, 1.807) is 17.5 Å². The van der Waals surface area contributed by atoms with E-state index in [-0.39, 0.29) is 11.7 Å². The number of hydrogen-bond acceptors (Lipinski definition) is 4. The summed E-state index contributed by atoms with van der Waals surface area (Å²) in [5.41, 5.74) is 5.93. The van der Waals surface area contributed by atoms with E-state index in [1.165, 1.54) is 0 Å². The standard InChI is InChI=1S/C26H26N4O2/c1-16-9-10-20(14-22(16)28-25(32)26(3,4)5)23-15-30-24(27-23)12-11-21(29-30)19-8-6-7-18(13-19)17(2)31/h6-15H,1-5H3,(H,28,32). The molecule has 0 atom stereocenters. The number of ketones is 1. The van der Waals surface area contributed by atoms with Gasteiger partial charge in [-0.2, -0.15) is 5.10 Å². The van der Waals surface area contributed by atoms with E-state index in [4.69, 9.17) is 4.98 Å². The molecule has 0 saturated heterocycles. The Kier molecular flexibility index (Phi) is 5.38. The van der Waals surface area contributed by atoms with Gasteiger partial charge in [0.25, 0.3) is 0 Å². The number of fused-ring (bicyclic) bond motifs is 1. The second kappa shape index (κ2) is 8.04. The summed E-state index contributed by atoms with van der Waals surface area (Å²) < 4.78 is 1.73. The fraction of sp³-hybridized carbons (Fsp3) is 0.231. The number of rotatable bonds is 4. The Morgan fingerprint density at radius 2 is 1.69 bits per heavy atom. The van der Waals surface area contributed by atoms with Crippen LogP contribution in [-0.4, -0.2) is 26.3 Å². The molecular formula is C26H26N4O2. The maximum atomic E-state index is 12.5. The second-order valence-corrected chi connectivity index (χ2v) is 9.02. The van der Waals surface area contributed by atoms with Crippen molar-refractivity contribution < 1.29 is 9.59 Å². The molecule has 1 N–H and O–H groups in total. The number of Topliss-reactive ketones (excluding diaryl/α,β-unsaturated/α-hetero) is 1. The van der Waals surface area contributed by atoms with Crippen molar-refractivity contribution in [2.24, 2.45) is 5.41 Å². The van der Waals surface area contributed by atoms with Gasteiger partial charge in [-0.3, -0.25) is 9.59 Å². The van der Waals surface area contributed by atoms with Gasteiger partial charge in [0.1, 0.15) is 0 Å². The molecule has 0 saturated carbocycles. The van der Waals surface area contributed by atoms with Crippen LogP contribution in [0.5, 0.6) is 0 Å². The number of carbonyl (C=O) groups is 2. The van der Waals surface area contributed by atoms with Crippen LogP contribution in [0.1, 0.15) is 43.6 Å². The third kappa shape index (κ3) is 4.30. The van der Waals surface area contributed by atoms with Crippen molar-refractivity contribution in [2.45, 2.75) is 34.6 Å². The first kappa shape index (κ1) is 21.4. The number of amides is 1. The van der Waals surface area contributed by atoms with Crippen LogP contribution in [0, 0.1) is 12.3 Å². The molecule has 162 valence electrons. The molecule has 0 unspecified atom stereocenters. The summed E-state index contributed by atoms with van der Waals surface area (Å²) in [4.78, 5) is 28.9. The monoisotopic (exact) mass is 426 g/mol. The Labute approximate surface area is 187 Å². The molecule has 6 heteroatoms. The zero-order chi connectivity index (χ0) is 23.0. The Morgan fingerprint density at radius 3 is 2.41 bits per heavy atom. The van der Waals surface area contributed by atoms with E-state index in [1.807, 2.05) is 82.4 Å². The number of aryl methyl sites for hydroxylation is 1. The van der Waals surface area contributed by atoms with E-state index >= 15 is 0 Å². The minimum atomic E-state index is -0.481. The number of carbonyl (C=O) groups excluding carboxylic acids is 2. The summed E-state index contributed by atoms with van der Waals surface area (Å²) in [5.74, 6) is -0.0153. The number of aromatic nitrogens is 3. The van der Waals surface area contributed by atoms with Gasteiger partial charge in [0.2, 0.25) is 5.91 Å². The predicted molar refractivity (Wildman–Crippen MR) is 127 cm³/mol. The molecule has 0 aliphatic heterocycles. The van der Waals surface area contributed by atoms with Crippen LogP contribution in [0.4, 0.5) is 5.69 Å². The van der Waals surface area contributed by atoms with Gasteiger partial charge in [-0.1, -0.05) is 51.1 Å². The SMILES string of the molecule is CC(=O)c1cccc(-c2ccc3nc(-c4ccc(C)c(NC(=O)C(C)(C)C)c4)cn3n2)c1. The lowest BCUT2D eigenvalue weighted by molar-refractivity contribution is -0.123. The number of benzene rings is 2. The molecule has 2 aromatic carbocycles. The van der Waals surface area contributed by atoms with Crippen LogP contribution in [0.3, 0.4) is 0 Å². The predicted octanol–water partition coefficient (Wildman–Crippen LogP) is 5.56. The molecule has 1 amide bonds. The third-order valence-electron chi connectivity index (χ3n) is 5.35. The van der Waals surface area contributed by atoms with Crippen LogP contribution in [0.25, 0.3) is 28.2 Å². The van der Waals surface area contributed by atoms with Gasteiger partial charge in [-0.05, 0) is 43.7 Å². The zero-order valence-corrected chi connectivity index (χ0v) is 18.9. The number of imidazole rings is 1. The van der Waals surface area contributed by atoms with E-state index < -0.39 is 5.41 Å². The maximum Gasteiger partial charge on any atom is 0.229 e. The Bertz CT molecular complexity index is 1350. The van der Waals surface area contributed by atoms with Crippen LogP contribution in [-0.2, 0) is 4.79 Å². The van der Waals surface area contributed by atoms with Crippen molar-refractivity contribution in [3.05, 3.63) is 71.9 Å². The number of nitrogens with zero attached hydrogens (tertiary/aromatic N) is 3. The van der Waals surface area contributed by atoms with Crippen LogP contribution < -0.4 is 5.32 Å². The molecule has 2 heterocycles. The minimum absolute atomic E-state index is 0.0200. The number of hydrogen-bond donors (Lipinski definition) is 1. The highest BCUT2D eigenvalue weighted by Crippen LogP contribution is 2.27. The first-order chi connectivity index (χ1) is 15.1. The number of anilines is 1. The molecule has 0 radical (unpaired) electrons. The van der Waals surface area contributed by atoms with Gasteiger partial charge in [0.15, 0.2) is 11.4 Å². The fourth-order valence-electron chi connectivity index (χ4n) is 3.30. The van der Waals surface area contributed by atoms with Crippen molar-refractivity contribution in [1.82, 2.24) is 14.6 Å². The third-order valence-corrected chi connectivity index (χ3v) is 5.35. The Morgan fingerprint density at radius 1 is 0.938 bits per heavy atom. The molecule has 0 spiro atoms. The average Bonchev–Trinajstić information content (AvgIpc) is 3.18. The Balaban J connectivity index is 1.69. The normalized spacial score (nSPS) is 11.5. The molecule has 2 aromatic heterocycles. The summed E-state index contributed by atoms with van der Waals surface area (Å²) >= 11 is 0. The largest absolute Gasteiger partial charge is 0.325 e. The van der Waals surface area contributed by atoms with Gasteiger partial charge in [-0.25, -0.2) is 9.50 Å². The lowest BCUT2D eigenvalue weighted by Crippen LogP contribution is -2.27. The van der Waals surface area contributed by atoms with Crippen molar-refractivity contribution in [1.29, 1.82) is 0 Å². The second-order valence-electron chi connectivity index (χ2n) is 9.02. The molecule has 0 aliphatic carbocycles. The molecule has 0 aliphatic rings. The van der Waals surface area contributed by atoms with Crippen molar-refractivity contribution >= 4 is 23.0 Å². The van der Waals surface area contributed by atoms with Gasteiger partial charge < -0.3 is 5.32 Å². The van der Waals surface area contributed by atoms with E-state index in [9.17, 15) is 9.59 Å². The lowest BCUT2D eigenvalue weighted by Gasteiger charge is -2.19. The summed E-state index contributed by atoms with van der Waals surface area (Å²) in [6, 6.07) is 17.1.